The largest absolute Gasteiger partial charge is 0.371 e. The van der Waals surface area contributed by atoms with Crippen molar-refractivity contribution in [2.75, 3.05) is 57.9 Å². The summed E-state index contributed by atoms with van der Waals surface area (Å²) in [4.78, 5) is 22.5. The van der Waals surface area contributed by atoms with Crippen LogP contribution in [0.15, 0.2) is 36.4 Å². The van der Waals surface area contributed by atoms with E-state index in [2.05, 4.69) is 20.1 Å². The second kappa shape index (κ2) is 10.0. The standard InChI is InChI=1S/C28H36FN5O3S/c29-28-11-2-4-21-9-15-32(16-10-21)24-20-22(34-14-3-19-38(34,36)37)7-8-23(24)27(35)31-25-5-1-6-26(30-25)33(17-12-28)18-13-28/h1,5-8,20-21H,2-4,9-19H2,(H,30,31,35). The van der Waals surface area contributed by atoms with Gasteiger partial charge in [0.2, 0.25) is 10.0 Å². The van der Waals surface area contributed by atoms with Crippen LogP contribution in [0.3, 0.4) is 0 Å². The van der Waals surface area contributed by atoms with Crippen molar-refractivity contribution < 1.29 is 17.6 Å². The number of pyridine rings is 1. The van der Waals surface area contributed by atoms with E-state index in [1.54, 1.807) is 18.2 Å². The van der Waals surface area contributed by atoms with Crippen LogP contribution < -0.4 is 19.4 Å². The van der Waals surface area contributed by atoms with Crippen molar-refractivity contribution in [1.82, 2.24) is 4.98 Å². The summed E-state index contributed by atoms with van der Waals surface area (Å²) in [7, 11) is -3.33. The number of aromatic nitrogens is 1. The molecule has 0 aliphatic carbocycles. The van der Waals surface area contributed by atoms with Gasteiger partial charge < -0.3 is 15.1 Å². The number of rotatable bonds is 1. The van der Waals surface area contributed by atoms with Crippen LogP contribution in [0.25, 0.3) is 0 Å². The van der Waals surface area contributed by atoms with Gasteiger partial charge in [0.1, 0.15) is 17.3 Å². The normalized spacial score (nSPS) is 27.6. The molecule has 204 valence electrons. The molecule has 3 fully saturated rings. The number of halogens is 1. The summed E-state index contributed by atoms with van der Waals surface area (Å²) in [5.41, 5.74) is 0.760. The van der Waals surface area contributed by atoms with Gasteiger partial charge in [0.25, 0.3) is 5.91 Å². The maximum absolute atomic E-state index is 15.6. The Morgan fingerprint density at radius 2 is 1.71 bits per heavy atom. The fraction of sp³-hybridized carbons (Fsp3) is 0.571. The quantitative estimate of drug-likeness (QED) is 0.569. The molecule has 1 amide bonds. The number of benzene rings is 1. The first-order valence-corrected chi connectivity index (χ1v) is 15.5. The molecular formula is C28H36FN5O3S. The third-order valence-electron chi connectivity index (χ3n) is 8.77. The molecule has 10 heteroatoms. The zero-order valence-electron chi connectivity index (χ0n) is 21.7. The summed E-state index contributed by atoms with van der Waals surface area (Å²) in [6, 6.07) is 10.9. The molecule has 38 heavy (non-hydrogen) atoms. The molecule has 1 aromatic heterocycles. The topological polar surface area (TPSA) is 85.8 Å². The van der Waals surface area contributed by atoms with Crippen LogP contribution in [0, 0.1) is 5.92 Å². The Bertz CT molecular complexity index is 1300. The minimum absolute atomic E-state index is 0.148. The summed E-state index contributed by atoms with van der Waals surface area (Å²) < 4.78 is 42.3. The summed E-state index contributed by atoms with van der Waals surface area (Å²) >= 11 is 0. The first-order chi connectivity index (χ1) is 18.3. The number of sulfonamides is 1. The number of nitrogens with zero attached hydrogens (tertiary/aromatic N) is 4. The van der Waals surface area contributed by atoms with Crippen LogP contribution >= 0.6 is 0 Å². The highest BCUT2D eigenvalue weighted by Gasteiger charge is 2.35. The van der Waals surface area contributed by atoms with Gasteiger partial charge in [-0.1, -0.05) is 12.5 Å². The maximum Gasteiger partial charge on any atom is 0.258 e. The van der Waals surface area contributed by atoms with E-state index >= 15 is 4.39 Å². The highest BCUT2D eigenvalue weighted by molar-refractivity contribution is 7.93. The van der Waals surface area contributed by atoms with E-state index in [9.17, 15) is 13.2 Å². The molecule has 6 bridgehead atoms. The summed E-state index contributed by atoms with van der Waals surface area (Å²) in [5, 5.41) is 2.96. The van der Waals surface area contributed by atoms with Crippen LogP contribution in [-0.2, 0) is 10.0 Å². The van der Waals surface area contributed by atoms with Gasteiger partial charge in [-0.05, 0) is 81.2 Å². The zero-order valence-corrected chi connectivity index (χ0v) is 22.6. The van der Waals surface area contributed by atoms with Gasteiger partial charge in [0, 0.05) is 32.7 Å². The lowest BCUT2D eigenvalue weighted by Gasteiger charge is -2.38. The van der Waals surface area contributed by atoms with Crippen LogP contribution in [0.1, 0.15) is 61.7 Å². The SMILES string of the molecule is O=C1Nc2cccc(n2)N2CCC(F)(CCCC3CCN(CC3)c3cc(N4CCCS4(=O)=O)ccc31)CC2. The number of alkyl halides is 1. The first-order valence-electron chi connectivity index (χ1n) is 13.9. The lowest BCUT2D eigenvalue weighted by atomic mass is 9.84. The van der Waals surface area contributed by atoms with Crippen LogP contribution in [0.4, 0.5) is 27.4 Å². The number of hydrogen-bond donors (Lipinski definition) is 1. The molecular weight excluding hydrogens is 505 g/mol. The van der Waals surface area contributed by atoms with Crippen molar-refractivity contribution in [3.8, 4) is 0 Å². The van der Waals surface area contributed by atoms with Crippen LogP contribution in [-0.4, -0.2) is 63.5 Å². The predicted molar refractivity (Wildman–Crippen MR) is 148 cm³/mol. The lowest BCUT2D eigenvalue weighted by Crippen LogP contribution is -2.42. The zero-order chi connectivity index (χ0) is 26.3. The number of piperidine rings is 2. The van der Waals surface area contributed by atoms with Crippen LogP contribution in [0.5, 0.6) is 0 Å². The number of amides is 1. The molecule has 2 aromatic rings. The average molecular weight is 542 g/mol. The Morgan fingerprint density at radius 1 is 0.921 bits per heavy atom. The Kier molecular flexibility index (Phi) is 6.70. The Hall–Kier alpha value is -2.88. The van der Waals surface area contributed by atoms with Crippen LogP contribution in [0.2, 0.25) is 0 Å². The molecule has 9 rings (SSSR count). The van der Waals surface area contributed by atoms with Gasteiger partial charge in [0.05, 0.1) is 22.7 Å². The molecule has 0 spiro atoms. The molecule has 0 unspecified atom stereocenters. The Balaban J connectivity index is 1.35. The molecule has 0 atom stereocenters. The van der Waals surface area contributed by atoms with E-state index in [0.29, 0.717) is 68.3 Å². The molecule has 7 aliphatic rings. The van der Waals surface area contributed by atoms with E-state index in [1.165, 1.54) is 4.31 Å². The number of anilines is 4. The second-order valence-electron chi connectivity index (χ2n) is 11.2. The van der Waals surface area contributed by atoms with Gasteiger partial charge in [-0.25, -0.2) is 17.8 Å². The minimum atomic E-state index is -3.33. The number of hydrogen-bond acceptors (Lipinski definition) is 6. The fourth-order valence-electron chi connectivity index (χ4n) is 6.47. The highest BCUT2D eigenvalue weighted by atomic mass is 32.2. The van der Waals surface area contributed by atoms with Gasteiger partial charge >= 0.3 is 0 Å². The molecule has 1 N–H and O–H groups in total. The third-order valence-corrected chi connectivity index (χ3v) is 10.6. The molecule has 3 saturated heterocycles. The van der Waals surface area contributed by atoms with Crippen molar-refractivity contribution in [3.05, 3.63) is 42.0 Å². The van der Waals surface area contributed by atoms with Crippen molar-refractivity contribution >= 4 is 38.9 Å². The maximum atomic E-state index is 15.6. The molecule has 0 radical (unpaired) electrons. The molecule has 1 aromatic carbocycles. The lowest BCUT2D eigenvalue weighted by molar-refractivity contribution is 0.102. The van der Waals surface area contributed by atoms with E-state index in [0.717, 1.165) is 50.3 Å². The Labute approximate surface area is 224 Å². The first kappa shape index (κ1) is 25.4. The Morgan fingerprint density at radius 3 is 2.45 bits per heavy atom. The predicted octanol–water partition coefficient (Wildman–Crippen LogP) is 4.58. The summed E-state index contributed by atoms with van der Waals surface area (Å²) in [5.74, 6) is 1.60. The monoisotopic (exact) mass is 541 g/mol. The van der Waals surface area contributed by atoms with E-state index in [4.69, 9.17) is 0 Å². The summed E-state index contributed by atoms with van der Waals surface area (Å²) in [6.07, 6.45) is 6.09. The van der Waals surface area contributed by atoms with Gasteiger partial charge in [-0.2, -0.15) is 0 Å². The second-order valence-corrected chi connectivity index (χ2v) is 13.3. The van der Waals surface area contributed by atoms with E-state index in [-0.39, 0.29) is 11.7 Å². The minimum Gasteiger partial charge on any atom is -0.371 e. The molecule has 0 saturated carbocycles. The average Bonchev–Trinajstić information content (AvgIpc) is 3.27. The van der Waals surface area contributed by atoms with Crippen molar-refractivity contribution in [1.29, 1.82) is 0 Å². The third kappa shape index (κ3) is 5.07. The van der Waals surface area contributed by atoms with Gasteiger partial charge in [0.15, 0.2) is 0 Å². The molecule has 8 nitrogen and oxygen atoms in total. The van der Waals surface area contributed by atoms with Crippen molar-refractivity contribution in [2.45, 2.75) is 57.0 Å². The smallest absolute Gasteiger partial charge is 0.258 e. The van der Waals surface area contributed by atoms with Crippen molar-refractivity contribution in [3.63, 3.8) is 0 Å². The number of nitrogens with one attached hydrogen (secondary N) is 1. The highest BCUT2D eigenvalue weighted by Crippen LogP contribution is 2.37. The van der Waals surface area contributed by atoms with Gasteiger partial charge in [-0.15, -0.1) is 0 Å². The summed E-state index contributed by atoms with van der Waals surface area (Å²) in [6.45, 7) is 3.25. The van der Waals surface area contributed by atoms with Gasteiger partial charge in [-0.3, -0.25) is 9.10 Å². The van der Waals surface area contributed by atoms with E-state index in [1.807, 2.05) is 18.2 Å². The molecule has 7 aliphatic heterocycles. The van der Waals surface area contributed by atoms with E-state index < -0.39 is 15.7 Å². The number of carbonyl (C=O) groups is 1. The number of carbonyl (C=O) groups excluding carboxylic acids is 1. The van der Waals surface area contributed by atoms with Crippen molar-refractivity contribution in [2.24, 2.45) is 5.92 Å². The fourth-order valence-corrected chi connectivity index (χ4v) is 8.02. The molecule has 8 heterocycles.